The summed E-state index contributed by atoms with van der Waals surface area (Å²) in [7, 11) is 0. The maximum Gasteiger partial charge on any atom is 0.317 e. The Morgan fingerprint density at radius 3 is 2.86 bits per heavy atom. The van der Waals surface area contributed by atoms with Gasteiger partial charge < -0.3 is 10.0 Å². The van der Waals surface area contributed by atoms with Gasteiger partial charge in [-0.15, -0.1) is 11.3 Å². The normalized spacial score (nSPS) is 17.1. The van der Waals surface area contributed by atoms with Gasteiger partial charge in [0, 0.05) is 37.6 Å². The summed E-state index contributed by atoms with van der Waals surface area (Å²) in [4.78, 5) is 30.8. The van der Waals surface area contributed by atoms with Gasteiger partial charge in [0.15, 0.2) is 0 Å². The van der Waals surface area contributed by atoms with Crippen molar-refractivity contribution in [2.75, 3.05) is 32.7 Å². The van der Waals surface area contributed by atoms with Crippen LogP contribution in [0.3, 0.4) is 0 Å². The number of aliphatic carboxylic acids is 1. The molecule has 2 rings (SSSR count). The Kier molecular flexibility index (Phi) is 5.46. The van der Waals surface area contributed by atoms with Crippen molar-refractivity contribution >= 4 is 29.3 Å². The van der Waals surface area contributed by atoms with E-state index in [0.717, 1.165) is 17.1 Å². The molecule has 6 nitrogen and oxygen atoms in total. The smallest absolute Gasteiger partial charge is 0.317 e. The first-order chi connectivity index (χ1) is 10.0. The topological polar surface area (TPSA) is 73.7 Å². The minimum absolute atomic E-state index is 0.0377. The molecule has 21 heavy (non-hydrogen) atoms. The highest BCUT2D eigenvalue weighted by molar-refractivity contribution is 7.09. The number of aromatic nitrogens is 1. The Balaban J connectivity index is 1.88. The second kappa shape index (κ2) is 7.33. The van der Waals surface area contributed by atoms with Gasteiger partial charge in [0.1, 0.15) is 0 Å². The molecule has 1 fully saturated rings. The highest BCUT2D eigenvalue weighted by Crippen LogP contribution is 2.10. The Labute approximate surface area is 127 Å². The Hall–Kier alpha value is -1.73. The van der Waals surface area contributed by atoms with E-state index < -0.39 is 5.97 Å². The number of hydrogen-bond donors (Lipinski definition) is 1. The Morgan fingerprint density at radius 1 is 1.38 bits per heavy atom. The number of carbonyl (C=O) groups excluding carboxylic acids is 1. The molecule has 2 heterocycles. The molecule has 0 atom stereocenters. The molecule has 1 amide bonds. The van der Waals surface area contributed by atoms with Gasteiger partial charge in [0.05, 0.1) is 17.2 Å². The molecule has 0 unspecified atom stereocenters. The average molecular weight is 309 g/mol. The minimum Gasteiger partial charge on any atom is -0.480 e. The number of hydrogen-bond acceptors (Lipinski definition) is 5. The Bertz CT molecular complexity index is 541. The summed E-state index contributed by atoms with van der Waals surface area (Å²) in [5, 5.41) is 11.7. The number of aryl methyl sites for hydroxylation is 1. The van der Waals surface area contributed by atoms with Crippen LogP contribution in [0.4, 0.5) is 0 Å². The van der Waals surface area contributed by atoms with E-state index >= 15 is 0 Å². The summed E-state index contributed by atoms with van der Waals surface area (Å²) in [5.74, 6) is -0.869. The van der Waals surface area contributed by atoms with Crippen LogP contribution in [0.5, 0.6) is 0 Å². The number of amides is 1. The van der Waals surface area contributed by atoms with Crippen molar-refractivity contribution in [2.45, 2.75) is 13.3 Å². The van der Waals surface area contributed by atoms with Gasteiger partial charge in [0.25, 0.3) is 0 Å². The molecule has 1 aromatic rings. The summed E-state index contributed by atoms with van der Waals surface area (Å²) in [6, 6.07) is 0. The quantitative estimate of drug-likeness (QED) is 0.843. The molecule has 114 valence electrons. The lowest BCUT2D eigenvalue weighted by Gasteiger charge is -2.19. The summed E-state index contributed by atoms with van der Waals surface area (Å²) in [6.07, 6.45) is 4.07. The number of carboxylic acid groups (broad SMARTS) is 1. The molecule has 0 saturated carbocycles. The molecule has 0 spiro atoms. The molecule has 1 aliphatic heterocycles. The second-order valence-corrected chi connectivity index (χ2v) is 6.04. The van der Waals surface area contributed by atoms with E-state index in [1.165, 1.54) is 0 Å². The van der Waals surface area contributed by atoms with E-state index in [1.54, 1.807) is 28.4 Å². The van der Waals surface area contributed by atoms with Crippen molar-refractivity contribution in [3.05, 3.63) is 22.2 Å². The van der Waals surface area contributed by atoms with Crippen LogP contribution in [0.2, 0.25) is 0 Å². The number of nitrogens with zero attached hydrogens (tertiary/aromatic N) is 3. The largest absolute Gasteiger partial charge is 0.480 e. The zero-order chi connectivity index (χ0) is 15.2. The fourth-order valence-corrected chi connectivity index (χ4v) is 2.84. The molecule has 0 aliphatic carbocycles. The summed E-state index contributed by atoms with van der Waals surface area (Å²) < 4.78 is 0. The summed E-state index contributed by atoms with van der Waals surface area (Å²) in [5.41, 5.74) is 0.799. The maximum absolute atomic E-state index is 12.1. The van der Waals surface area contributed by atoms with Crippen LogP contribution in [0.15, 0.2) is 11.5 Å². The highest BCUT2D eigenvalue weighted by atomic mass is 32.1. The van der Waals surface area contributed by atoms with Gasteiger partial charge in [0.2, 0.25) is 5.91 Å². The molecule has 1 N–H and O–H groups in total. The van der Waals surface area contributed by atoms with Gasteiger partial charge >= 0.3 is 5.97 Å². The van der Waals surface area contributed by atoms with Crippen LogP contribution in [0, 0.1) is 6.92 Å². The molecule has 1 aliphatic rings. The van der Waals surface area contributed by atoms with Crippen LogP contribution in [-0.4, -0.2) is 64.5 Å². The van der Waals surface area contributed by atoms with E-state index in [0.29, 0.717) is 26.2 Å². The third kappa shape index (κ3) is 4.95. The van der Waals surface area contributed by atoms with E-state index in [1.807, 2.05) is 17.2 Å². The predicted molar refractivity (Wildman–Crippen MR) is 81.2 cm³/mol. The van der Waals surface area contributed by atoms with Gasteiger partial charge in [-0.1, -0.05) is 0 Å². The summed E-state index contributed by atoms with van der Waals surface area (Å²) >= 11 is 1.55. The van der Waals surface area contributed by atoms with Crippen LogP contribution in [-0.2, 0) is 9.59 Å². The van der Waals surface area contributed by atoms with Crippen LogP contribution in [0.1, 0.15) is 17.1 Å². The number of rotatable bonds is 4. The zero-order valence-electron chi connectivity index (χ0n) is 12.0. The number of carbonyl (C=O) groups is 2. The molecule has 1 aromatic heterocycles. The molecule has 1 saturated heterocycles. The van der Waals surface area contributed by atoms with Crippen LogP contribution < -0.4 is 0 Å². The van der Waals surface area contributed by atoms with Crippen molar-refractivity contribution in [1.29, 1.82) is 0 Å². The van der Waals surface area contributed by atoms with Gasteiger partial charge in [-0.2, -0.15) is 0 Å². The molecule has 7 heteroatoms. The molecule has 0 aromatic carbocycles. The van der Waals surface area contributed by atoms with Gasteiger partial charge in [-0.05, 0) is 19.4 Å². The first-order valence-electron chi connectivity index (χ1n) is 6.88. The van der Waals surface area contributed by atoms with Crippen molar-refractivity contribution < 1.29 is 14.7 Å². The van der Waals surface area contributed by atoms with Crippen molar-refractivity contribution in [1.82, 2.24) is 14.8 Å². The second-order valence-electron chi connectivity index (χ2n) is 4.97. The van der Waals surface area contributed by atoms with E-state index in [4.69, 9.17) is 5.11 Å². The molecule has 0 radical (unpaired) electrons. The third-order valence-corrected chi connectivity index (χ3v) is 4.08. The lowest BCUT2D eigenvalue weighted by atomic mass is 10.3. The van der Waals surface area contributed by atoms with Crippen LogP contribution >= 0.6 is 11.3 Å². The monoisotopic (exact) mass is 309 g/mol. The maximum atomic E-state index is 12.1. The zero-order valence-corrected chi connectivity index (χ0v) is 12.8. The molecule has 0 bridgehead atoms. The van der Waals surface area contributed by atoms with Crippen LogP contribution in [0.25, 0.3) is 6.08 Å². The Morgan fingerprint density at radius 2 is 2.19 bits per heavy atom. The molecular weight excluding hydrogens is 290 g/mol. The molecular formula is C14H19N3O3S. The van der Waals surface area contributed by atoms with Gasteiger partial charge in [-0.25, -0.2) is 4.98 Å². The average Bonchev–Trinajstić information content (AvgIpc) is 2.70. The predicted octanol–water partition coefficient (Wildman–Crippen LogP) is 1.08. The lowest BCUT2D eigenvalue weighted by molar-refractivity contribution is -0.138. The first-order valence-corrected chi connectivity index (χ1v) is 7.76. The minimum atomic E-state index is -0.825. The van der Waals surface area contributed by atoms with Crippen molar-refractivity contribution in [3.63, 3.8) is 0 Å². The lowest BCUT2D eigenvalue weighted by Crippen LogP contribution is -2.36. The van der Waals surface area contributed by atoms with Crippen molar-refractivity contribution in [3.8, 4) is 0 Å². The number of thiazole rings is 1. The summed E-state index contributed by atoms with van der Waals surface area (Å²) in [6.45, 7) is 4.50. The highest BCUT2D eigenvalue weighted by Gasteiger charge is 2.18. The third-order valence-electron chi connectivity index (χ3n) is 3.29. The fraction of sp³-hybridized carbons (Fsp3) is 0.500. The first kappa shape index (κ1) is 15.7. The fourth-order valence-electron chi connectivity index (χ4n) is 2.26. The van der Waals surface area contributed by atoms with E-state index in [9.17, 15) is 9.59 Å². The van der Waals surface area contributed by atoms with Crippen molar-refractivity contribution in [2.24, 2.45) is 0 Å². The van der Waals surface area contributed by atoms with Gasteiger partial charge in [-0.3, -0.25) is 14.5 Å². The number of carboxylic acids is 1. The standard InChI is InChI=1S/C14H19N3O3S/c1-11-15-12(10-21-11)3-4-13(18)17-6-2-5-16(7-8-17)9-14(19)20/h3-4,10H,2,5-9H2,1H3,(H,19,20). The van der Waals surface area contributed by atoms with E-state index in [-0.39, 0.29) is 12.5 Å². The SMILES string of the molecule is Cc1nc(C=CC(=O)N2CCCN(CC(=O)O)CC2)cs1. The van der Waals surface area contributed by atoms with E-state index in [2.05, 4.69) is 4.98 Å².